The highest BCUT2D eigenvalue weighted by Gasteiger charge is 2.50. The number of unbranched alkanes of at least 4 members (excludes halogenated alkanes) is 1. The number of rotatable bonds is 6. The lowest BCUT2D eigenvalue weighted by molar-refractivity contribution is -0.168. The maximum Gasteiger partial charge on any atom is 0.322 e. The van der Waals surface area contributed by atoms with E-state index in [1.807, 2.05) is 6.92 Å². The molecule has 0 bridgehead atoms. The van der Waals surface area contributed by atoms with Crippen LogP contribution in [0.15, 0.2) is 0 Å². The predicted molar refractivity (Wildman–Crippen MR) is 55.2 cm³/mol. The highest BCUT2D eigenvalue weighted by Crippen LogP contribution is 2.34. The van der Waals surface area contributed by atoms with Crippen LogP contribution in [-0.4, -0.2) is 22.2 Å². The van der Waals surface area contributed by atoms with Crippen LogP contribution in [0.25, 0.3) is 0 Å². The van der Waals surface area contributed by atoms with Crippen molar-refractivity contribution in [2.75, 3.05) is 0 Å². The van der Waals surface area contributed by atoms with Gasteiger partial charge in [-0.1, -0.05) is 19.8 Å². The van der Waals surface area contributed by atoms with E-state index in [0.29, 0.717) is 6.42 Å². The Hall–Kier alpha value is -1.50. The van der Waals surface area contributed by atoms with Gasteiger partial charge in [-0.2, -0.15) is 0 Å². The molecule has 0 amide bonds. The summed E-state index contributed by atoms with van der Waals surface area (Å²) < 4.78 is 0. The Labute approximate surface area is 89.3 Å². The Morgan fingerprint density at radius 1 is 1.40 bits per heavy atom. The Balaban J connectivity index is 5.19. The SMILES string of the molecule is C#CC(C)C(CCCC)(C(=O)O)C(=O)O. The van der Waals surface area contributed by atoms with Crippen molar-refractivity contribution in [2.45, 2.75) is 33.1 Å². The molecule has 0 rings (SSSR count). The van der Waals surface area contributed by atoms with Gasteiger partial charge in [-0.15, -0.1) is 12.3 Å². The van der Waals surface area contributed by atoms with Gasteiger partial charge in [-0.05, 0) is 13.3 Å². The van der Waals surface area contributed by atoms with Gasteiger partial charge in [0.25, 0.3) is 0 Å². The van der Waals surface area contributed by atoms with Crippen molar-refractivity contribution in [3.05, 3.63) is 0 Å². The normalized spacial score (nSPS) is 12.9. The van der Waals surface area contributed by atoms with Gasteiger partial charge in [0.05, 0.1) is 0 Å². The molecular formula is C11H16O4. The van der Waals surface area contributed by atoms with E-state index in [1.54, 1.807) is 0 Å². The summed E-state index contributed by atoms with van der Waals surface area (Å²) in [5, 5.41) is 18.1. The van der Waals surface area contributed by atoms with E-state index in [-0.39, 0.29) is 6.42 Å². The molecule has 0 heterocycles. The molecule has 0 aliphatic carbocycles. The first-order valence-corrected chi connectivity index (χ1v) is 4.86. The molecule has 1 atom stereocenters. The van der Waals surface area contributed by atoms with Crippen molar-refractivity contribution >= 4 is 11.9 Å². The fraction of sp³-hybridized carbons (Fsp3) is 0.636. The molecule has 84 valence electrons. The number of hydrogen-bond donors (Lipinski definition) is 2. The number of carbonyl (C=O) groups is 2. The number of aliphatic carboxylic acids is 2. The minimum absolute atomic E-state index is 0.0690. The largest absolute Gasteiger partial charge is 0.480 e. The van der Waals surface area contributed by atoms with Crippen molar-refractivity contribution in [1.82, 2.24) is 0 Å². The monoisotopic (exact) mass is 212 g/mol. The molecule has 15 heavy (non-hydrogen) atoms. The van der Waals surface area contributed by atoms with E-state index in [9.17, 15) is 9.59 Å². The second-order valence-corrected chi connectivity index (χ2v) is 3.57. The lowest BCUT2D eigenvalue weighted by Gasteiger charge is -2.27. The summed E-state index contributed by atoms with van der Waals surface area (Å²) in [5.74, 6) is -1.31. The first-order valence-electron chi connectivity index (χ1n) is 4.86. The number of hydrogen-bond acceptors (Lipinski definition) is 2. The van der Waals surface area contributed by atoms with E-state index < -0.39 is 23.3 Å². The predicted octanol–water partition coefficient (Wildman–Crippen LogP) is 1.60. The van der Waals surface area contributed by atoms with Crippen LogP contribution in [0.3, 0.4) is 0 Å². The standard InChI is InChI=1S/C11H16O4/c1-4-6-7-11(9(12)13,10(14)15)8(3)5-2/h2,8H,4,6-7H2,1,3H3,(H,12,13)(H,14,15). The van der Waals surface area contributed by atoms with Gasteiger partial charge in [0, 0.05) is 5.92 Å². The second kappa shape index (κ2) is 5.40. The third-order valence-corrected chi connectivity index (χ3v) is 2.68. The minimum Gasteiger partial charge on any atom is -0.480 e. The lowest BCUT2D eigenvalue weighted by atomic mass is 9.73. The fourth-order valence-corrected chi connectivity index (χ4v) is 1.49. The molecule has 2 N–H and O–H groups in total. The average Bonchev–Trinajstić information content (AvgIpc) is 2.17. The van der Waals surface area contributed by atoms with Crippen LogP contribution in [0.1, 0.15) is 33.1 Å². The zero-order chi connectivity index (χ0) is 12.1. The van der Waals surface area contributed by atoms with Gasteiger partial charge in [0.15, 0.2) is 5.41 Å². The third kappa shape index (κ3) is 2.50. The zero-order valence-electron chi connectivity index (χ0n) is 8.99. The molecule has 0 radical (unpaired) electrons. The molecular weight excluding hydrogens is 196 g/mol. The van der Waals surface area contributed by atoms with Crippen LogP contribution < -0.4 is 0 Å². The third-order valence-electron chi connectivity index (χ3n) is 2.68. The first kappa shape index (κ1) is 13.5. The smallest absolute Gasteiger partial charge is 0.322 e. The summed E-state index contributed by atoms with van der Waals surface area (Å²) in [5.41, 5.74) is -1.84. The summed E-state index contributed by atoms with van der Waals surface area (Å²) in [6, 6.07) is 0. The lowest BCUT2D eigenvalue weighted by Crippen LogP contribution is -2.44. The van der Waals surface area contributed by atoms with Gasteiger partial charge in [-0.3, -0.25) is 9.59 Å². The van der Waals surface area contributed by atoms with Gasteiger partial charge >= 0.3 is 11.9 Å². The van der Waals surface area contributed by atoms with E-state index in [4.69, 9.17) is 16.6 Å². The van der Waals surface area contributed by atoms with E-state index in [0.717, 1.165) is 6.42 Å². The molecule has 1 unspecified atom stereocenters. The van der Waals surface area contributed by atoms with E-state index in [2.05, 4.69) is 5.92 Å². The molecule has 4 nitrogen and oxygen atoms in total. The van der Waals surface area contributed by atoms with Crippen LogP contribution in [0.5, 0.6) is 0 Å². The molecule has 0 saturated heterocycles. The average molecular weight is 212 g/mol. The Bertz CT molecular complexity index is 273. The fourth-order valence-electron chi connectivity index (χ4n) is 1.49. The maximum absolute atomic E-state index is 11.1. The van der Waals surface area contributed by atoms with Crippen molar-refractivity contribution < 1.29 is 19.8 Å². The van der Waals surface area contributed by atoms with E-state index >= 15 is 0 Å². The van der Waals surface area contributed by atoms with Crippen molar-refractivity contribution in [2.24, 2.45) is 11.3 Å². The maximum atomic E-state index is 11.1. The zero-order valence-corrected chi connectivity index (χ0v) is 8.99. The van der Waals surface area contributed by atoms with Crippen molar-refractivity contribution in [1.29, 1.82) is 0 Å². The molecule has 0 fully saturated rings. The summed E-state index contributed by atoms with van der Waals surface area (Å²) in [7, 11) is 0. The molecule has 4 heteroatoms. The molecule has 0 spiro atoms. The van der Waals surface area contributed by atoms with Crippen molar-refractivity contribution in [3.8, 4) is 12.3 Å². The Morgan fingerprint density at radius 2 is 1.87 bits per heavy atom. The van der Waals surface area contributed by atoms with Crippen LogP contribution in [0.4, 0.5) is 0 Å². The van der Waals surface area contributed by atoms with Crippen molar-refractivity contribution in [3.63, 3.8) is 0 Å². The number of terminal acetylenes is 1. The molecule has 0 aromatic heterocycles. The van der Waals surface area contributed by atoms with E-state index in [1.165, 1.54) is 6.92 Å². The first-order chi connectivity index (χ1) is 6.93. The summed E-state index contributed by atoms with van der Waals surface area (Å²) >= 11 is 0. The van der Waals surface area contributed by atoms with Gasteiger partial charge in [-0.25, -0.2) is 0 Å². The summed E-state index contributed by atoms with van der Waals surface area (Å²) in [6.45, 7) is 3.33. The van der Waals surface area contributed by atoms with Gasteiger partial charge < -0.3 is 10.2 Å². The van der Waals surface area contributed by atoms with Crippen LogP contribution in [0, 0.1) is 23.7 Å². The highest BCUT2D eigenvalue weighted by atomic mass is 16.4. The molecule has 0 aliphatic rings. The number of carboxylic acid groups (broad SMARTS) is 2. The molecule has 0 aromatic rings. The summed E-state index contributed by atoms with van der Waals surface area (Å²) in [6.07, 6.45) is 6.47. The van der Waals surface area contributed by atoms with Gasteiger partial charge in [0.2, 0.25) is 0 Å². The van der Waals surface area contributed by atoms with Gasteiger partial charge in [0.1, 0.15) is 0 Å². The molecule has 0 aliphatic heterocycles. The quantitative estimate of drug-likeness (QED) is 0.518. The topological polar surface area (TPSA) is 74.6 Å². The van der Waals surface area contributed by atoms with Crippen LogP contribution >= 0.6 is 0 Å². The molecule has 0 saturated carbocycles. The highest BCUT2D eigenvalue weighted by molar-refractivity contribution is 5.99. The minimum atomic E-state index is -1.84. The number of carboxylic acids is 2. The second-order valence-electron chi connectivity index (χ2n) is 3.57. The Kier molecular flexibility index (Phi) is 4.86. The molecule has 0 aromatic carbocycles. The van der Waals surface area contributed by atoms with Crippen LogP contribution in [0.2, 0.25) is 0 Å². The summed E-state index contributed by atoms with van der Waals surface area (Å²) in [4.78, 5) is 22.2. The Morgan fingerprint density at radius 3 is 2.13 bits per heavy atom. The van der Waals surface area contributed by atoms with Crippen LogP contribution in [-0.2, 0) is 9.59 Å².